The summed E-state index contributed by atoms with van der Waals surface area (Å²) in [5.74, 6) is 5.26. The van der Waals surface area contributed by atoms with E-state index < -0.39 is 0 Å². The number of benzene rings is 1. The second-order valence-electron chi connectivity index (χ2n) is 4.47. The zero-order chi connectivity index (χ0) is 14.0. The zero-order valence-corrected chi connectivity index (χ0v) is 11.6. The number of aryl methyl sites for hydroxylation is 1. The van der Waals surface area contributed by atoms with Crippen molar-refractivity contribution in [2.75, 3.05) is 0 Å². The summed E-state index contributed by atoms with van der Waals surface area (Å²) < 4.78 is 14.8. The fourth-order valence-electron chi connectivity index (χ4n) is 2.02. The van der Waals surface area contributed by atoms with Crippen molar-refractivity contribution in [1.29, 1.82) is 0 Å². The highest BCUT2D eigenvalue weighted by Gasteiger charge is 2.17. The summed E-state index contributed by atoms with van der Waals surface area (Å²) in [5, 5.41) is 4.60. The van der Waals surface area contributed by atoms with Crippen LogP contribution in [0.1, 0.15) is 22.9 Å². The maximum absolute atomic E-state index is 13.0. The van der Waals surface area contributed by atoms with E-state index in [0.717, 1.165) is 16.8 Å². The Morgan fingerprint density at radius 3 is 2.79 bits per heavy atom. The summed E-state index contributed by atoms with van der Waals surface area (Å²) in [4.78, 5) is 0. The van der Waals surface area contributed by atoms with Crippen LogP contribution in [0, 0.1) is 12.7 Å². The van der Waals surface area contributed by atoms with E-state index in [0.29, 0.717) is 11.4 Å². The van der Waals surface area contributed by atoms with Crippen molar-refractivity contribution >= 4 is 11.6 Å². The van der Waals surface area contributed by atoms with Gasteiger partial charge >= 0.3 is 0 Å². The number of nitrogens with one attached hydrogen (secondary N) is 1. The van der Waals surface area contributed by atoms with Crippen LogP contribution in [0.5, 0.6) is 0 Å². The Labute approximate surface area is 116 Å². The second-order valence-corrected chi connectivity index (χ2v) is 4.88. The first kappa shape index (κ1) is 14.0. The molecule has 0 aliphatic heterocycles. The fourth-order valence-corrected chi connectivity index (χ4v) is 2.27. The normalized spacial score (nSPS) is 12.7. The Balaban J connectivity index is 2.26. The van der Waals surface area contributed by atoms with Crippen molar-refractivity contribution in [3.63, 3.8) is 0 Å². The molecule has 0 saturated carbocycles. The first-order valence-corrected chi connectivity index (χ1v) is 6.29. The van der Waals surface area contributed by atoms with Gasteiger partial charge in [0.25, 0.3) is 0 Å². The number of rotatable bonds is 4. The van der Waals surface area contributed by atoms with Crippen LogP contribution in [0.25, 0.3) is 0 Å². The minimum absolute atomic E-state index is 0.114. The second kappa shape index (κ2) is 5.69. The smallest absolute Gasteiger partial charge is 0.124 e. The van der Waals surface area contributed by atoms with Crippen LogP contribution in [0.4, 0.5) is 4.39 Å². The molecule has 1 atom stereocenters. The zero-order valence-electron chi connectivity index (χ0n) is 10.8. The van der Waals surface area contributed by atoms with E-state index in [1.54, 1.807) is 16.9 Å². The number of nitrogens with two attached hydrogens (primary N) is 1. The first-order valence-electron chi connectivity index (χ1n) is 5.91. The molecule has 3 N–H and O–H groups in total. The molecule has 1 heterocycles. The molecule has 19 heavy (non-hydrogen) atoms. The van der Waals surface area contributed by atoms with Crippen molar-refractivity contribution in [2.45, 2.75) is 19.4 Å². The van der Waals surface area contributed by atoms with Crippen LogP contribution in [0.3, 0.4) is 0 Å². The average Bonchev–Trinajstić information content (AvgIpc) is 2.70. The number of hydrazine groups is 1. The van der Waals surface area contributed by atoms with Crippen molar-refractivity contribution in [1.82, 2.24) is 15.2 Å². The average molecular weight is 283 g/mol. The van der Waals surface area contributed by atoms with Gasteiger partial charge in [0.05, 0.1) is 12.2 Å². The summed E-state index contributed by atoms with van der Waals surface area (Å²) >= 11 is 6.03. The van der Waals surface area contributed by atoms with Gasteiger partial charge in [-0.2, -0.15) is 5.10 Å². The lowest BCUT2D eigenvalue weighted by atomic mass is 10.00. The Morgan fingerprint density at radius 2 is 2.26 bits per heavy atom. The third kappa shape index (κ3) is 2.94. The first-order chi connectivity index (χ1) is 9.02. The standard InChI is InChI=1S/C13H16ClFN4/c1-8-11(7-17-19(8)2)13(18-16)5-9-3-4-10(15)6-12(9)14/h3-4,6-7,13,18H,5,16H2,1-2H3. The summed E-state index contributed by atoms with van der Waals surface area (Å²) in [6.07, 6.45) is 2.35. The van der Waals surface area contributed by atoms with Crippen LogP contribution in [0.2, 0.25) is 5.02 Å². The third-order valence-corrected chi connectivity index (χ3v) is 3.64. The largest absolute Gasteiger partial charge is 0.273 e. The number of aromatic nitrogens is 2. The molecule has 2 aromatic rings. The van der Waals surface area contributed by atoms with E-state index in [1.165, 1.54) is 12.1 Å². The van der Waals surface area contributed by atoms with E-state index in [9.17, 15) is 4.39 Å². The molecule has 6 heteroatoms. The molecule has 0 fully saturated rings. The van der Waals surface area contributed by atoms with Gasteiger partial charge in [0.1, 0.15) is 5.82 Å². The molecule has 0 radical (unpaired) electrons. The van der Waals surface area contributed by atoms with Crippen LogP contribution in [0.15, 0.2) is 24.4 Å². The number of hydrogen-bond donors (Lipinski definition) is 2. The van der Waals surface area contributed by atoms with Gasteiger partial charge < -0.3 is 0 Å². The Hall–Kier alpha value is -1.43. The molecular weight excluding hydrogens is 267 g/mol. The van der Waals surface area contributed by atoms with Gasteiger partial charge in [-0.15, -0.1) is 0 Å². The summed E-state index contributed by atoms with van der Waals surface area (Å²) in [7, 11) is 1.87. The predicted molar refractivity (Wildman–Crippen MR) is 73.1 cm³/mol. The van der Waals surface area contributed by atoms with Gasteiger partial charge in [-0.05, 0) is 31.0 Å². The summed E-state index contributed by atoms with van der Waals surface area (Å²) in [6, 6.07) is 4.26. The third-order valence-electron chi connectivity index (χ3n) is 3.29. The Kier molecular flexibility index (Phi) is 4.19. The molecule has 0 spiro atoms. The van der Waals surface area contributed by atoms with E-state index >= 15 is 0 Å². The molecule has 1 aromatic heterocycles. The fraction of sp³-hybridized carbons (Fsp3) is 0.308. The monoisotopic (exact) mass is 282 g/mol. The Bertz CT molecular complexity index is 582. The SMILES string of the molecule is Cc1c(C(Cc2ccc(F)cc2Cl)NN)cnn1C. The van der Waals surface area contributed by atoms with Crippen LogP contribution in [-0.4, -0.2) is 9.78 Å². The van der Waals surface area contributed by atoms with Crippen molar-refractivity contribution < 1.29 is 4.39 Å². The molecule has 0 bridgehead atoms. The van der Waals surface area contributed by atoms with Crippen LogP contribution < -0.4 is 11.3 Å². The highest BCUT2D eigenvalue weighted by molar-refractivity contribution is 6.31. The van der Waals surface area contributed by atoms with E-state index in [1.807, 2.05) is 14.0 Å². The van der Waals surface area contributed by atoms with Gasteiger partial charge in [-0.3, -0.25) is 16.0 Å². The molecule has 0 aliphatic rings. The molecule has 0 saturated heterocycles. The molecule has 0 amide bonds. The summed E-state index contributed by atoms with van der Waals surface area (Å²) in [5.41, 5.74) is 5.63. The quantitative estimate of drug-likeness (QED) is 0.668. The maximum Gasteiger partial charge on any atom is 0.124 e. The molecule has 0 aliphatic carbocycles. The van der Waals surface area contributed by atoms with E-state index in [4.69, 9.17) is 17.4 Å². The van der Waals surface area contributed by atoms with Crippen LogP contribution >= 0.6 is 11.6 Å². The highest BCUT2D eigenvalue weighted by atomic mass is 35.5. The molecular formula is C13H16ClFN4. The van der Waals surface area contributed by atoms with Crippen LogP contribution in [-0.2, 0) is 13.5 Å². The molecule has 102 valence electrons. The van der Waals surface area contributed by atoms with Gasteiger partial charge in [-0.1, -0.05) is 17.7 Å². The van der Waals surface area contributed by atoms with E-state index in [2.05, 4.69) is 10.5 Å². The predicted octanol–water partition coefficient (Wildman–Crippen LogP) is 2.27. The minimum Gasteiger partial charge on any atom is -0.273 e. The maximum atomic E-state index is 13.0. The minimum atomic E-state index is -0.344. The van der Waals surface area contributed by atoms with Gasteiger partial charge in [-0.25, -0.2) is 4.39 Å². The van der Waals surface area contributed by atoms with Gasteiger partial charge in [0.15, 0.2) is 0 Å². The van der Waals surface area contributed by atoms with Crippen molar-refractivity contribution in [3.8, 4) is 0 Å². The molecule has 1 unspecified atom stereocenters. The number of hydrogen-bond acceptors (Lipinski definition) is 3. The lowest BCUT2D eigenvalue weighted by Gasteiger charge is -2.16. The molecule has 4 nitrogen and oxygen atoms in total. The van der Waals surface area contributed by atoms with Crippen molar-refractivity contribution in [3.05, 3.63) is 52.1 Å². The van der Waals surface area contributed by atoms with E-state index in [-0.39, 0.29) is 11.9 Å². The van der Waals surface area contributed by atoms with Crippen molar-refractivity contribution in [2.24, 2.45) is 12.9 Å². The highest BCUT2D eigenvalue weighted by Crippen LogP contribution is 2.25. The van der Waals surface area contributed by atoms with Gasteiger partial charge in [0, 0.05) is 23.3 Å². The Morgan fingerprint density at radius 1 is 1.53 bits per heavy atom. The number of nitrogens with zero attached hydrogens (tertiary/aromatic N) is 2. The summed E-state index contributed by atoms with van der Waals surface area (Å²) in [6.45, 7) is 1.97. The number of halogens is 2. The molecule has 1 aromatic carbocycles. The topological polar surface area (TPSA) is 55.9 Å². The molecule has 2 rings (SSSR count). The van der Waals surface area contributed by atoms with Gasteiger partial charge in [0.2, 0.25) is 0 Å². The lowest BCUT2D eigenvalue weighted by Crippen LogP contribution is -2.30. The lowest BCUT2D eigenvalue weighted by molar-refractivity contribution is 0.547.